The molecule has 26 heavy (non-hydrogen) atoms. The highest BCUT2D eigenvalue weighted by atomic mass is 32.1. The summed E-state index contributed by atoms with van der Waals surface area (Å²) in [5.41, 5.74) is 0.896. The second-order valence-corrected chi connectivity index (χ2v) is 7.44. The van der Waals surface area contributed by atoms with Crippen molar-refractivity contribution >= 4 is 17.4 Å². The van der Waals surface area contributed by atoms with E-state index in [4.69, 9.17) is 0 Å². The van der Waals surface area contributed by atoms with Crippen molar-refractivity contribution in [1.29, 1.82) is 0 Å². The van der Waals surface area contributed by atoms with E-state index in [-0.39, 0.29) is 29.8 Å². The summed E-state index contributed by atoms with van der Waals surface area (Å²) < 4.78 is 41.1. The maximum atomic E-state index is 12.4. The maximum Gasteiger partial charge on any atom is 0.573 e. The molecule has 0 radical (unpaired) electrons. The highest BCUT2D eigenvalue weighted by molar-refractivity contribution is 7.09. The average Bonchev–Trinajstić information content (AvgIpc) is 3.00. The summed E-state index contributed by atoms with van der Waals surface area (Å²) in [5, 5.41) is 7.98. The number of aromatic nitrogens is 1. The van der Waals surface area contributed by atoms with Gasteiger partial charge < -0.3 is 15.4 Å². The Labute approximate surface area is 153 Å². The minimum absolute atomic E-state index is 0.0621. The number of benzene rings is 1. The van der Waals surface area contributed by atoms with Gasteiger partial charge in [-0.1, -0.05) is 39.0 Å². The second-order valence-electron chi connectivity index (χ2n) is 6.59. The third kappa shape index (κ3) is 6.21. The zero-order chi connectivity index (χ0) is 19.4. The Bertz CT molecular complexity index is 754. The molecule has 0 spiro atoms. The van der Waals surface area contributed by atoms with Crippen molar-refractivity contribution in [2.24, 2.45) is 0 Å². The molecule has 1 aromatic heterocycles. The van der Waals surface area contributed by atoms with Gasteiger partial charge in [-0.25, -0.2) is 9.78 Å². The van der Waals surface area contributed by atoms with Gasteiger partial charge in [0, 0.05) is 22.9 Å². The van der Waals surface area contributed by atoms with Crippen LogP contribution in [0.4, 0.5) is 18.0 Å². The van der Waals surface area contributed by atoms with E-state index in [0.717, 1.165) is 10.7 Å². The van der Waals surface area contributed by atoms with Crippen molar-refractivity contribution in [2.75, 3.05) is 0 Å². The molecule has 2 aromatic rings. The van der Waals surface area contributed by atoms with Gasteiger partial charge in [-0.05, 0) is 6.07 Å². The molecule has 2 rings (SSSR count). The fourth-order valence-corrected chi connectivity index (χ4v) is 2.92. The van der Waals surface area contributed by atoms with Crippen LogP contribution >= 0.6 is 11.3 Å². The summed E-state index contributed by atoms with van der Waals surface area (Å²) in [6.45, 7) is 6.30. The Morgan fingerprint density at radius 1 is 1.15 bits per heavy atom. The Hall–Kier alpha value is -2.29. The summed E-state index contributed by atoms with van der Waals surface area (Å²) in [7, 11) is 0. The van der Waals surface area contributed by atoms with E-state index >= 15 is 0 Å². The third-order valence-electron chi connectivity index (χ3n) is 3.26. The standard InChI is InChI=1S/C17H20F3N3O2S/c1-16(2,3)14-23-12(10-26-14)9-22-15(24)21-8-11-6-4-5-7-13(11)25-17(18,19)20/h4-7,10H,8-9H2,1-3H3,(H2,21,22,24). The molecule has 0 aliphatic carbocycles. The molecular formula is C17H20F3N3O2S. The van der Waals surface area contributed by atoms with E-state index in [0.29, 0.717) is 0 Å². The van der Waals surface area contributed by atoms with Crippen LogP contribution in [0.25, 0.3) is 0 Å². The van der Waals surface area contributed by atoms with Gasteiger partial charge in [0.2, 0.25) is 0 Å². The predicted molar refractivity (Wildman–Crippen MR) is 93.0 cm³/mol. The maximum absolute atomic E-state index is 12.4. The van der Waals surface area contributed by atoms with E-state index in [1.165, 1.54) is 29.5 Å². The van der Waals surface area contributed by atoms with Crippen molar-refractivity contribution in [3.05, 3.63) is 45.9 Å². The van der Waals surface area contributed by atoms with Gasteiger partial charge in [-0.15, -0.1) is 24.5 Å². The van der Waals surface area contributed by atoms with Gasteiger partial charge in [-0.2, -0.15) is 0 Å². The summed E-state index contributed by atoms with van der Waals surface area (Å²) in [4.78, 5) is 16.3. The van der Waals surface area contributed by atoms with Crippen LogP contribution in [0.5, 0.6) is 5.75 Å². The van der Waals surface area contributed by atoms with Gasteiger partial charge in [0.05, 0.1) is 17.2 Å². The molecule has 0 aliphatic rings. The molecule has 0 fully saturated rings. The number of ether oxygens (including phenoxy) is 1. The first-order valence-electron chi connectivity index (χ1n) is 7.85. The SMILES string of the molecule is CC(C)(C)c1nc(CNC(=O)NCc2ccccc2OC(F)(F)F)cs1. The minimum Gasteiger partial charge on any atom is -0.405 e. The Morgan fingerprint density at radius 2 is 1.81 bits per heavy atom. The number of nitrogens with zero attached hydrogens (tertiary/aromatic N) is 1. The molecule has 1 heterocycles. The van der Waals surface area contributed by atoms with Crippen LogP contribution in [0, 0.1) is 0 Å². The second kappa shape index (κ2) is 7.94. The molecule has 2 N–H and O–H groups in total. The number of para-hydroxylation sites is 1. The zero-order valence-electron chi connectivity index (χ0n) is 14.6. The Balaban J connectivity index is 1.87. The topological polar surface area (TPSA) is 63.2 Å². The number of carbonyl (C=O) groups excluding carboxylic acids is 1. The molecule has 0 aliphatic heterocycles. The number of urea groups is 1. The van der Waals surface area contributed by atoms with Crippen LogP contribution in [0.1, 0.15) is 37.0 Å². The van der Waals surface area contributed by atoms with E-state index in [1.807, 2.05) is 5.38 Å². The number of rotatable bonds is 5. The molecule has 2 amide bonds. The molecule has 0 atom stereocenters. The zero-order valence-corrected chi connectivity index (χ0v) is 15.4. The number of amides is 2. The molecule has 1 aromatic carbocycles. The van der Waals surface area contributed by atoms with Crippen LogP contribution in [0.2, 0.25) is 0 Å². The average molecular weight is 387 g/mol. The molecule has 0 saturated carbocycles. The third-order valence-corrected chi connectivity index (χ3v) is 4.58. The van der Waals surface area contributed by atoms with Crippen LogP contribution in [0.15, 0.2) is 29.6 Å². The minimum atomic E-state index is -4.78. The Kier molecular flexibility index (Phi) is 6.12. The lowest BCUT2D eigenvalue weighted by atomic mass is 9.98. The summed E-state index contributed by atoms with van der Waals surface area (Å²) in [6.07, 6.45) is -4.78. The molecule has 142 valence electrons. The normalized spacial score (nSPS) is 11.9. The van der Waals surface area contributed by atoms with Crippen molar-refractivity contribution < 1.29 is 22.7 Å². The van der Waals surface area contributed by atoms with Gasteiger partial charge >= 0.3 is 12.4 Å². The molecule has 0 saturated heterocycles. The van der Waals surface area contributed by atoms with Gasteiger partial charge in [0.1, 0.15) is 5.75 Å². The van der Waals surface area contributed by atoms with Crippen LogP contribution < -0.4 is 15.4 Å². The van der Waals surface area contributed by atoms with E-state index in [9.17, 15) is 18.0 Å². The molecule has 0 unspecified atom stereocenters. The largest absolute Gasteiger partial charge is 0.573 e. The first-order chi connectivity index (χ1) is 12.0. The van der Waals surface area contributed by atoms with Crippen molar-refractivity contribution in [3.8, 4) is 5.75 Å². The fourth-order valence-electron chi connectivity index (χ4n) is 2.02. The highest BCUT2D eigenvalue weighted by Gasteiger charge is 2.32. The van der Waals surface area contributed by atoms with Crippen molar-refractivity contribution in [1.82, 2.24) is 15.6 Å². The van der Waals surface area contributed by atoms with Crippen LogP contribution in [-0.2, 0) is 18.5 Å². The number of carbonyl (C=O) groups is 1. The van der Waals surface area contributed by atoms with Crippen molar-refractivity contribution in [2.45, 2.75) is 45.6 Å². The number of thiazole rings is 1. The highest BCUT2D eigenvalue weighted by Crippen LogP contribution is 2.26. The predicted octanol–water partition coefficient (Wildman–Crippen LogP) is 4.34. The Morgan fingerprint density at radius 3 is 2.42 bits per heavy atom. The number of nitrogens with one attached hydrogen (secondary N) is 2. The van der Waals surface area contributed by atoms with Gasteiger partial charge in [-0.3, -0.25) is 0 Å². The van der Waals surface area contributed by atoms with Gasteiger partial charge in [0.25, 0.3) is 0 Å². The fraction of sp³-hybridized carbons (Fsp3) is 0.412. The number of halogens is 3. The van der Waals surface area contributed by atoms with E-state index < -0.39 is 12.4 Å². The lowest BCUT2D eigenvalue weighted by Crippen LogP contribution is -2.34. The van der Waals surface area contributed by atoms with E-state index in [1.54, 1.807) is 6.07 Å². The number of alkyl halides is 3. The monoisotopic (exact) mass is 387 g/mol. The van der Waals surface area contributed by atoms with E-state index in [2.05, 4.69) is 41.1 Å². The number of hydrogen-bond acceptors (Lipinski definition) is 4. The summed E-state index contributed by atoms with van der Waals surface area (Å²) >= 11 is 1.52. The lowest BCUT2D eigenvalue weighted by molar-refractivity contribution is -0.274. The quantitative estimate of drug-likeness (QED) is 0.802. The van der Waals surface area contributed by atoms with Crippen LogP contribution in [0.3, 0.4) is 0 Å². The molecule has 9 heteroatoms. The number of hydrogen-bond donors (Lipinski definition) is 2. The molecule has 0 bridgehead atoms. The lowest BCUT2D eigenvalue weighted by Gasteiger charge is -2.14. The smallest absolute Gasteiger partial charge is 0.405 e. The summed E-state index contributed by atoms with van der Waals surface area (Å²) in [5.74, 6) is -0.338. The first-order valence-corrected chi connectivity index (χ1v) is 8.73. The summed E-state index contributed by atoms with van der Waals surface area (Å²) in [6, 6.07) is 5.15. The molecular weight excluding hydrogens is 367 g/mol. The van der Waals surface area contributed by atoms with Crippen LogP contribution in [-0.4, -0.2) is 17.4 Å². The molecule has 5 nitrogen and oxygen atoms in total. The first kappa shape index (κ1) is 20.0. The van der Waals surface area contributed by atoms with Gasteiger partial charge in [0.15, 0.2) is 0 Å². The van der Waals surface area contributed by atoms with Crippen molar-refractivity contribution in [3.63, 3.8) is 0 Å².